The number of hydrogen-bond donors (Lipinski definition) is 3. The molecule has 0 saturated heterocycles. The minimum absolute atomic E-state index is 0.219. The van der Waals surface area contributed by atoms with Crippen molar-refractivity contribution in [3.05, 3.63) is 40.6 Å². The fourth-order valence-electron chi connectivity index (χ4n) is 1.60. The van der Waals surface area contributed by atoms with E-state index in [0.717, 1.165) is 0 Å². The molecular formula is C12H13ClFN3O. The van der Waals surface area contributed by atoms with E-state index in [2.05, 4.69) is 9.97 Å². The second-order valence-electron chi connectivity index (χ2n) is 4.05. The lowest BCUT2D eigenvalue weighted by molar-refractivity contribution is 0.264. The monoisotopic (exact) mass is 269 g/mol. The Morgan fingerprint density at radius 2 is 2.28 bits per heavy atom. The average molecular weight is 270 g/mol. The van der Waals surface area contributed by atoms with Gasteiger partial charge in [0.05, 0.1) is 29.6 Å². The lowest BCUT2D eigenvalue weighted by Gasteiger charge is -2.05. The highest BCUT2D eigenvalue weighted by Gasteiger charge is 2.13. The Balaban J connectivity index is 2.43. The first-order valence-electron chi connectivity index (χ1n) is 5.40. The first-order valence-corrected chi connectivity index (χ1v) is 5.78. The lowest BCUT2D eigenvalue weighted by Crippen LogP contribution is -2.15. The van der Waals surface area contributed by atoms with Crippen molar-refractivity contribution < 1.29 is 9.50 Å². The number of aromatic amines is 1. The molecule has 0 bridgehead atoms. The fourth-order valence-corrected chi connectivity index (χ4v) is 1.92. The van der Waals surface area contributed by atoms with Gasteiger partial charge in [-0.25, -0.2) is 9.37 Å². The fraction of sp³-hybridized carbons (Fsp3) is 0.250. The number of nitrogens with two attached hydrogens (primary N) is 1. The summed E-state index contributed by atoms with van der Waals surface area (Å²) in [5, 5.41) is 9.36. The zero-order valence-electron chi connectivity index (χ0n) is 9.74. The minimum Gasteiger partial charge on any atom is -0.394 e. The molecule has 1 atom stereocenters. The van der Waals surface area contributed by atoms with Crippen LogP contribution in [0.5, 0.6) is 0 Å². The molecule has 18 heavy (non-hydrogen) atoms. The van der Waals surface area contributed by atoms with Gasteiger partial charge >= 0.3 is 0 Å². The van der Waals surface area contributed by atoms with E-state index < -0.39 is 6.04 Å². The zero-order valence-corrected chi connectivity index (χ0v) is 10.5. The Morgan fingerprint density at radius 1 is 1.56 bits per heavy atom. The predicted octanol–water partition coefficient (Wildman–Crippen LogP) is 2.17. The topological polar surface area (TPSA) is 74.9 Å². The summed E-state index contributed by atoms with van der Waals surface area (Å²) >= 11 is 6.06. The van der Waals surface area contributed by atoms with E-state index in [1.807, 2.05) is 0 Å². The Kier molecular flexibility index (Phi) is 3.65. The van der Waals surface area contributed by atoms with Gasteiger partial charge in [0, 0.05) is 5.56 Å². The van der Waals surface area contributed by atoms with Gasteiger partial charge in [-0.15, -0.1) is 0 Å². The molecule has 4 nitrogen and oxygen atoms in total. The van der Waals surface area contributed by atoms with E-state index in [9.17, 15) is 4.39 Å². The molecule has 0 saturated carbocycles. The van der Waals surface area contributed by atoms with Gasteiger partial charge in [0.15, 0.2) is 0 Å². The summed E-state index contributed by atoms with van der Waals surface area (Å²) in [6.45, 7) is 1.42. The van der Waals surface area contributed by atoms with Crippen LogP contribution in [0.4, 0.5) is 4.39 Å². The average Bonchev–Trinajstić information content (AvgIpc) is 2.82. The number of imidazole rings is 1. The summed E-state index contributed by atoms with van der Waals surface area (Å²) in [5.74, 6) is 0.0987. The van der Waals surface area contributed by atoms with Crippen molar-refractivity contribution in [1.29, 1.82) is 0 Å². The van der Waals surface area contributed by atoms with E-state index in [-0.39, 0.29) is 12.4 Å². The third kappa shape index (κ3) is 2.38. The van der Waals surface area contributed by atoms with E-state index in [4.69, 9.17) is 22.4 Å². The summed E-state index contributed by atoms with van der Waals surface area (Å²) < 4.78 is 13.5. The first-order chi connectivity index (χ1) is 8.52. The number of aliphatic hydroxyl groups excluding tert-OH is 1. The van der Waals surface area contributed by atoms with Crippen molar-refractivity contribution in [2.24, 2.45) is 5.73 Å². The minimum atomic E-state index is -0.590. The number of H-pyrrole nitrogens is 1. The van der Waals surface area contributed by atoms with Crippen molar-refractivity contribution in [3.8, 4) is 11.3 Å². The maximum absolute atomic E-state index is 13.5. The molecule has 1 unspecified atom stereocenters. The van der Waals surface area contributed by atoms with Gasteiger partial charge < -0.3 is 15.8 Å². The number of benzene rings is 1. The van der Waals surface area contributed by atoms with Crippen LogP contribution < -0.4 is 5.73 Å². The Hall–Kier alpha value is -1.43. The number of aliphatic hydroxyl groups is 1. The molecule has 0 aliphatic rings. The van der Waals surface area contributed by atoms with Gasteiger partial charge in [-0.2, -0.15) is 0 Å². The highest BCUT2D eigenvalue weighted by atomic mass is 35.5. The second-order valence-corrected chi connectivity index (χ2v) is 4.46. The molecule has 1 heterocycles. The molecule has 0 spiro atoms. The van der Waals surface area contributed by atoms with Crippen molar-refractivity contribution in [2.45, 2.75) is 13.0 Å². The molecule has 0 fully saturated rings. The predicted molar refractivity (Wildman–Crippen MR) is 67.7 cm³/mol. The van der Waals surface area contributed by atoms with Gasteiger partial charge in [0.1, 0.15) is 11.6 Å². The van der Waals surface area contributed by atoms with E-state index in [0.29, 0.717) is 27.7 Å². The van der Waals surface area contributed by atoms with Crippen LogP contribution in [0.3, 0.4) is 0 Å². The van der Waals surface area contributed by atoms with Crippen molar-refractivity contribution in [1.82, 2.24) is 9.97 Å². The molecule has 4 N–H and O–H groups in total. The lowest BCUT2D eigenvalue weighted by atomic mass is 10.1. The van der Waals surface area contributed by atoms with Gasteiger partial charge in [0.25, 0.3) is 0 Å². The number of aryl methyl sites for hydroxylation is 1. The van der Waals surface area contributed by atoms with Crippen LogP contribution in [0.1, 0.15) is 17.4 Å². The number of aromatic nitrogens is 2. The molecule has 96 valence electrons. The molecule has 0 aliphatic carbocycles. The Labute approximate surface area is 109 Å². The first kappa shape index (κ1) is 13.0. The third-order valence-corrected chi connectivity index (χ3v) is 2.99. The summed E-state index contributed by atoms with van der Waals surface area (Å²) in [4.78, 5) is 6.96. The standard InChI is InChI=1S/C12H13ClFN3O/c1-6-2-8(13)7(3-9(6)14)11-4-16-12(17-11)10(15)5-18/h2-4,10,18H,5,15H2,1H3,(H,16,17). The molecule has 2 aromatic rings. The third-order valence-electron chi connectivity index (χ3n) is 2.68. The highest BCUT2D eigenvalue weighted by molar-refractivity contribution is 6.33. The summed E-state index contributed by atoms with van der Waals surface area (Å²) in [6.07, 6.45) is 1.51. The van der Waals surface area contributed by atoms with Gasteiger partial charge in [-0.05, 0) is 24.6 Å². The summed E-state index contributed by atoms with van der Waals surface area (Å²) in [7, 11) is 0. The molecule has 0 aliphatic heterocycles. The van der Waals surface area contributed by atoms with E-state index >= 15 is 0 Å². The number of nitrogens with one attached hydrogen (secondary N) is 1. The van der Waals surface area contributed by atoms with Gasteiger partial charge in [0.2, 0.25) is 0 Å². The van der Waals surface area contributed by atoms with Crippen LogP contribution in [0.25, 0.3) is 11.3 Å². The summed E-state index contributed by atoms with van der Waals surface area (Å²) in [6, 6.07) is 2.31. The van der Waals surface area contributed by atoms with Crippen LogP contribution in [-0.4, -0.2) is 21.7 Å². The molecule has 0 radical (unpaired) electrons. The molecule has 1 aromatic heterocycles. The van der Waals surface area contributed by atoms with Gasteiger partial charge in [-0.1, -0.05) is 11.6 Å². The van der Waals surface area contributed by atoms with Crippen LogP contribution in [0.15, 0.2) is 18.3 Å². The quantitative estimate of drug-likeness (QED) is 0.799. The van der Waals surface area contributed by atoms with Crippen LogP contribution in [0.2, 0.25) is 5.02 Å². The van der Waals surface area contributed by atoms with E-state index in [1.165, 1.54) is 12.3 Å². The highest BCUT2D eigenvalue weighted by Crippen LogP contribution is 2.29. The molecule has 0 amide bonds. The molecular weight excluding hydrogens is 257 g/mol. The van der Waals surface area contributed by atoms with Crippen LogP contribution >= 0.6 is 11.6 Å². The normalized spacial score (nSPS) is 12.7. The molecule has 2 rings (SSSR count). The SMILES string of the molecule is Cc1cc(Cl)c(-c2cnc(C(N)CO)[nH]2)cc1F. The maximum Gasteiger partial charge on any atom is 0.126 e. The number of hydrogen-bond acceptors (Lipinski definition) is 3. The number of rotatable bonds is 3. The van der Waals surface area contributed by atoms with Crippen molar-refractivity contribution in [3.63, 3.8) is 0 Å². The molecule has 1 aromatic carbocycles. The number of nitrogens with zero attached hydrogens (tertiary/aromatic N) is 1. The van der Waals surface area contributed by atoms with Gasteiger partial charge in [-0.3, -0.25) is 0 Å². The number of halogens is 2. The van der Waals surface area contributed by atoms with Crippen molar-refractivity contribution >= 4 is 11.6 Å². The second kappa shape index (κ2) is 5.06. The molecule has 6 heteroatoms. The largest absolute Gasteiger partial charge is 0.394 e. The summed E-state index contributed by atoms with van der Waals surface area (Å²) in [5.41, 5.74) is 7.19. The Bertz CT molecular complexity index is 570. The Morgan fingerprint density at radius 3 is 2.94 bits per heavy atom. The smallest absolute Gasteiger partial charge is 0.126 e. The van der Waals surface area contributed by atoms with Crippen molar-refractivity contribution in [2.75, 3.05) is 6.61 Å². The zero-order chi connectivity index (χ0) is 13.3. The maximum atomic E-state index is 13.5. The van der Waals surface area contributed by atoms with E-state index in [1.54, 1.807) is 13.0 Å². The van der Waals surface area contributed by atoms with Crippen LogP contribution in [-0.2, 0) is 0 Å². The van der Waals surface area contributed by atoms with Crippen LogP contribution in [0, 0.1) is 12.7 Å².